The molecule has 0 radical (unpaired) electrons. The molecule has 2 atom stereocenters. The van der Waals surface area contributed by atoms with Crippen molar-refractivity contribution >= 4 is 12.3 Å². The van der Waals surface area contributed by atoms with Crippen LogP contribution in [0.3, 0.4) is 0 Å². The highest BCUT2D eigenvalue weighted by atomic mass is 16.2. The minimum atomic E-state index is -0.187. The topological polar surface area (TPSA) is 64.7 Å². The average molecular weight is 477 g/mol. The third kappa shape index (κ3) is 7.39. The summed E-state index contributed by atoms with van der Waals surface area (Å²) in [5, 5.41) is 6.46. The third-order valence-electron chi connectivity index (χ3n) is 7.50. The molecule has 2 fully saturated rings. The number of carbonyl (C=O) groups is 2. The number of piperidine rings is 1. The van der Waals surface area contributed by atoms with Crippen LogP contribution in [0.1, 0.15) is 55.6 Å². The van der Waals surface area contributed by atoms with Crippen LogP contribution in [0.4, 0.5) is 0 Å². The molecular weight excluding hydrogens is 436 g/mol. The van der Waals surface area contributed by atoms with Crippen LogP contribution in [0, 0.1) is 0 Å². The van der Waals surface area contributed by atoms with E-state index in [0.717, 1.165) is 51.9 Å². The lowest BCUT2D eigenvalue weighted by atomic mass is 9.90. The van der Waals surface area contributed by atoms with Gasteiger partial charge in [0, 0.05) is 38.1 Å². The van der Waals surface area contributed by atoms with Gasteiger partial charge in [0.1, 0.15) is 0 Å². The first-order valence-electron chi connectivity index (χ1n) is 13.3. The molecule has 0 aliphatic carbocycles. The van der Waals surface area contributed by atoms with Crippen molar-refractivity contribution in [2.45, 2.75) is 56.5 Å². The van der Waals surface area contributed by atoms with E-state index in [2.05, 4.69) is 69.0 Å². The van der Waals surface area contributed by atoms with Crippen LogP contribution in [-0.2, 0) is 9.59 Å². The molecule has 35 heavy (non-hydrogen) atoms. The smallest absolute Gasteiger partial charge is 0.239 e. The fraction of sp³-hybridized carbons (Fsp3) is 0.517. The van der Waals surface area contributed by atoms with Gasteiger partial charge in [-0.05, 0) is 56.3 Å². The number of nitrogens with zero attached hydrogens (tertiary/aromatic N) is 2. The molecule has 2 aliphatic heterocycles. The first kappa shape index (κ1) is 25.4. The molecule has 6 nitrogen and oxygen atoms in total. The average Bonchev–Trinajstić information content (AvgIpc) is 3.06. The molecule has 4 rings (SSSR count). The summed E-state index contributed by atoms with van der Waals surface area (Å²) < 4.78 is 0. The van der Waals surface area contributed by atoms with E-state index in [1.54, 1.807) is 0 Å². The summed E-state index contributed by atoms with van der Waals surface area (Å²) in [7, 11) is 0. The van der Waals surface area contributed by atoms with Crippen molar-refractivity contribution in [3.8, 4) is 0 Å². The van der Waals surface area contributed by atoms with Crippen molar-refractivity contribution in [2.75, 3.05) is 39.3 Å². The van der Waals surface area contributed by atoms with Crippen molar-refractivity contribution in [2.24, 2.45) is 0 Å². The van der Waals surface area contributed by atoms with Crippen molar-refractivity contribution in [1.29, 1.82) is 0 Å². The molecular formula is C29H40N4O2. The van der Waals surface area contributed by atoms with Crippen LogP contribution >= 0.6 is 0 Å². The molecule has 2 aromatic carbocycles. The molecule has 2 aromatic rings. The van der Waals surface area contributed by atoms with Gasteiger partial charge in [0.2, 0.25) is 12.3 Å². The van der Waals surface area contributed by atoms with Gasteiger partial charge < -0.3 is 20.4 Å². The summed E-state index contributed by atoms with van der Waals surface area (Å²) in [6.45, 7) is 5.27. The maximum absolute atomic E-state index is 13.9. The zero-order valence-corrected chi connectivity index (χ0v) is 20.8. The second kappa shape index (κ2) is 13.4. The Balaban J connectivity index is 1.51. The van der Waals surface area contributed by atoms with Gasteiger partial charge in [0.15, 0.2) is 0 Å². The van der Waals surface area contributed by atoms with Crippen LogP contribution in [-0.4, -0.2) is 73.5 Å². The second-order valence-corrected chi connectivity index (χ2v) is 9.91. The number of hydrogen-bond acceptors (Lipinski definition) is 4. The van der Waals surface area contributed by atoms with Crippen molar-refractivity contribution in [1.82, 2.24) is 20.4 Å². The van der Waals surface area contributed by atoms with Gasteiger partial charge in [-0.1, -0.05) is 67.1 Å². The fourth-order valence-electron chi connectivity index (χ4n) is 5.50. The molecule has 0 spiro atoms. The minimum absolute atomic E-state index is 0.136. The maximum atomic E-state index is 13.9. The third-order valence-corrected chi connectivity index (χ3v) is 7.50. The van der Waals surface area contributed by atoms with E-state index >= 15 is 0 Å². The number of carbonyl (C=O) groups excluding carboxylic acids is 2. The molecule has 2 heterocycles. The predicted octanol–water partition coefficient (Wildman–Crippen LogP) is 3.39. The Morgan fingerprint density at radius 2 is 1.57 bits per heavy atom. The zero-order chi connectivity index (χ0) is 24.3. The van der Waals surface area contributed by atoms with Crippen LogP contribution in [0.25, 0.3) is 0 Å². The maximum Gasteiger partial charge on any atom is 0.239 e. The van der Waals surface area contributed by atoms with Crippen LogP contribution in [0.15, 0.2) is 60.7 Å². The van der Waals surface area contributed by atoms with Gasteiger partial charge in [-0.15, -0.1) is 0 Å². The Kier molecular flexibility index (Phi) is 9.73. The molecule has 2 N–H and O–H groups in total. The first-order chi connectivity index (χ1) is 17.2. The van der Waals surface area contributed by atoms with E-state index in [1.165, 1.54) is 30.4 Å². The molecule has 0 bridgehead atoms. The number of amides is 2. The Bertz CT molecular complexity index is 862. The molecule has 2 aliphatic rings. The van der Waals surface area contributed by atoms with E-state index in [4.69, 9.17) is 0 Å². The highest BCUT2D eigenvalue weighted by Crippen LogP contribution is 2.27. The van der Waals surface area contributed by atoms with Crippen molar-refractivity contribution < 1.29 is 9.59 Å². The Morgan fingerprint density at radius 1 is 0.914 bits per heavy atom. The van der Waals surface area contributed by atoms with Crippen molar-refractivity contribution in [3.63, 3.8) is 0 Å². The zero-order valence-electron chi connectivity index (χ0n) is 20.8. The fourth-order valence-corrected chi connectivity index (χ4v) is 5.50. The van der Waals surface area contributed by atoms with Crippen LogP contribution in [0.5, 0.6) is 0 Å². The number of benzene rings is 2. The second-order valence-electron chi connectivity index (χ2n) is 9.91. The summed E-state index contributed by atoms with van der Waals surface area (Å²) in [4.78, 5) is 29.2. The predicted molar refractivity (Wildman–Crippen MR) is 140 cm³/mol. The Morgan fingerprint density at radius 3 is 2.20 bits per heavy atom. The normalized spacial score (nSPS) is 21.6. The van der Waals surface area contributed by atoms with Gasteiger partial charge in [0.05, 0.1) is 6.04 Å². The van der Waals surface area contributed by atoms with E-state index in [9.17, 15) is 9.59 Å². The minimum Gasteiger partial charge on any atom is -0.359 e. The van der Waals surface area contributed by atoms with Gasteiger partial charge in [-0.3, -0.25) is 9.59 Å². The summed E-state index contributed by atoms with van der Waals surface area (Å²) in [5.41, 5.74) is 2.47. The Labute approximate surface area is 210 Å². The lowest BCUT2D eigenvalue weighted by molar-refractivity contribution is -0.133. The SMILES string of the molecule is O=CNCCC1CCN(CC(c2ccccc2)c2ccccc2)C(=O)C(CCN2CCCCC2)N1. The number of rotatable bonds is 11. The van der Waals surface area contributed by atoms with E-state index in [-0.39, 0.29) is 23.9 Å². The molecule has 2 amide bonds. The monoisotopic (exact) mass is 476 g/mol. The number of hydrogen-bond donors (Lipinski definition) is 2. The van der Waals surface area contributed by atoms with Gasteiger partial charge in [-0.2, -0.15) is 0 Å². The van der Waals surface area contributed by atoms with Gasteiger partial charge in [-0.25, -0.2) is 0 Å². The van der Waals surface area contributed by atoms with E-state index in [0.29, 0.717) is 13.1 Å². The molecule has 0 saturated carbocycles. The highest BCUT2D eigenvalue weighted by molar-refractivity contribution is 5.82. The summed E-state index contributed by atoms with van der Waals surface area (Å²) in [6.07, 6.45) is 7.14. The number of nitrogens with one attached hydrogen (secondary N) is 2. The lowest BCUT2D eigenvalue weighted by Gasteiger charge is -2.31. The molecule has 0 aromatic heterocycles. The standard InChI is InChI=1S/C29H40N4O2/c34-23-30-17-14-26-15-21-33(29(35)28(31-26)16-20-32-18-8-3-9-19-32)22-27(24-10-4-1-5-11-24)25-12-6-2-7-13-25/h1-2,4-7,10-13,23,26-28,31H,3,8-9,14-22H2,(H,30,34). The lowest BCUT2D eigenvalue weighted by Crippen LogP contribution is -2.48. The molecule has 2 unspecified atom stereocenters. The van der Waals surface area contributed by atoms with Gasteiger partial charge in [0.25, 0.3) is 0 Å². The molecule has 188 valence electrons. The Hall–Kier alpha value is -2.70. The largest absolute Gasteiger partial charge is 0.359 e. The highest BCUT2D eigenvalue weighted by Gasteiger charge is 2.32. The summed E-state index contributed by atoms with van der Waals surface area (Å²) >= 11 is 0. The summed E-state index contributed by atoms with van der Waals surface area (Å²) in [6, 6.07) is 21.1. The quantitative estimate of drug-likeness (QED) is 0.386. The van der Waals surface area contributed by atoms with E-state index < -0.39 is 0 Å². The van der Waals surface area contributed by atoms with Gasteiger partial charge >= 0.3 is 0 Å². The van der Waals surface area contributed by atoms with Crippen LogP contribution < -0.4 is 10.6 Å². The molecule has 6 heteroatoms. The van der Waals surface area contributed by atoms with Crippen LogP contribution in [0.2, 0.25) is 0 Å². The summed E-state index contributed by atoms with van der Waals surface area (Å²) in [5.74, 6) is 0.349. The first-order valence-corrected chi connectivity index (χ1v) is 13.3. The number of likely N-dealkylation sites (tertiary alicyclic amines) is 1. The van der Waals surface area contributed by atoms with Crippen molar-refractivity contribution in [3.05, 3.63) is 71.8 Å². The molecule has 2 saturated heterocycles. The van der Waals surface area contributed by atoms with E-state index in [1.807, 2.05) is 12.1 Å².